The fourth-order valence-corrected chi connectivity index (χ4v) is 5.67. The molecule has 0 radical (unpaired) electrons. The van der Waals surface area contributed by atoms with Crippen LogP contribution in [0.4, 0.5) is 0 Å². The molecule has 2 N–H and O–H groups in total. The number of rotatable bonds is 7. The van der Waals surface area contributed by atoms with Crippen molar-refractivity contribution in [2.75, 3.05) is 20.2 Å². The van der Waals surface area contributed by atoms with E-state index in [1.54, 1.807) is 24.3 Å². The van der Waals surface area contributed by atoms with Gasteiger partial charge in [-0.25, -0.2) is 8.42 Å². The number of aromatic nitrogens is 2. The van der Waals surface area contributed by atoms with Gasteiger partial charge in [0.25, 0.3) is 5.91 Å². The van der Waals surface area contributed by atoms with Gasteiger partial charge in [-0.1, -0.05) is 36.8 Å². The maximum absolute atomic E-state index is 13.3. The summed E-state index contributed by atoms with van der Waals surface area (Å²) in [6.45, 7) is 2.91. The van der Waals surface area contributed by atoms with Crippen LogP contribution >= 0.6 is 0 Å². The smallest absolute Gasteiger partial charge is 0.269 e. The summed E-state index contributed by atoms with van der Waals surface area (Å²) in [6, 6.07) is 16.0. The highest BCUT2D eigenvalue weighted by Gasteiger charge is 2.29. The standard InChI is InChI=1S/C24H28N4O4S/c1-17(18-9-5-3-6-10-18)25-24(29)21-16-20(26-27-21)19-11-12-22(32-2)23(15-19)33(30,31)28-13-7-4-8-14-28/h3,5-6,9-12,15-17H,4,7-8,13-14H2,1-2H3,(H,25,29)(H,26,27)/t17-/m0/s1. The van der Waals surface area contributed by atoms with Crippen LogP contribution in [-0.4, -0.2) is 49.0 Å². The van der Waals surface area contributed by atoms with Crippen molar-refractivity contribution < 1.29 is 17.9 Å². The monoisotopic (exact) mass is 468 g/mol. The fraction of sp³-hybridized carbons (Fsp3) is 0.333. The molecular weight excluding hydrogens is 440 g/mol. The number of H-pyrrole nitrogens is 1. The van der Waals surface area contributed by atoms with Crippen LogP contribution in [0, 0.1) is 0 Å². The molecule has 174 valence electrons. The third-order valence-corrected chi connectivity index (χ3v) is 7.78. The van der Waals surface area contributed by atoms with Crippen LogP contribution in [0.2, 0.25) is 0 Å². The molecule has 0 bridgehead atoms. The van der Waals surface area contributed by atoms with E-state index in [1.807, 2.05) is 37.3 Å². The number of benzene rings is 2. The highest BCUT2D eigenvalue weighted by atomic mass is 32.2. The van der Waals surface area contributed by atoms with E-state index in [4.69, 9.17) is 4.74 Å². The fourth-order valence-electron chi connectivity index (χ4n) is 3.97. The molecule has 1 atom stereocenters. The average molecular weight is 469 g/mol. The van der Waals surface area contributed by atoms with Crippen LogP contribution in [0.3, 0.4) is 0 Å². The Labute approximate surface area is 194 Å². The minimum atomic E-state index is -3.70. The zero-order valence-electron chi connectivity index (χ0n) is 18.7. The largest absolute Gasteiger partial charge is 0.495 e. The Bertz CT molecular complexity index is 1220. The minimum Gasteiger partial charge on any atom is -0.495 e. The van der Waals surface area contributed by atoms with E-state index in [-0.39, 0.29) is 22.6 Å². The number of amides is 1. The molecule has 9 heteroatoms. The molecule has 3 aromatic rings. The molecule has 8 nitrogen and oxygen atoms in total. The molecule has 0 saturated carbocycles. The zero-order chi connectivity index (χ0) is 23.4. The molecule has 2 heterocycles. The molecule has 0 aliphatic carbocycles. The quantitative estimate of drug-likeness (QED) is 0.550. The summed E-state index contributed by atoms with van der Waals surface area (Å²) in [5, 5.41) is 9.94. The minimum absolute atomic E-state index is 0.108. The predicted molar refractivity (Wildman–Crippen MR) is 126 cm³/mol. The van der Waals surface area contributed by atoms with E-state index >= 15 is 0 Å². The average Bonchev–Trinajstić information content (AvgIpc) is 3.35. The second-order valence-corrected chi connectivity index (χ2v) is 10.0. The summed E-state index contributed by atoms with van der Waals surface area (Å²) in [7, 11) is -2.25. The van der Waals surface area contributed by atoms with Gasteiger partial charge in [-0.2, -0.15) is 9.40 Å². The van der Waals surface area contributed by atoms with Crippen LogP contribution < -0.4 is 10.1 Å². The van der Waals surface area contributed by atoms with Crippen LogP contribution in [0.5, 0.6) is 5.75 Å². The molecule has 33 heavy (non-hydrogen) atoms. The van der Waals surface area contributed by atoms with Crippen molar-refractivity contribution >= 4 is 15.9 Å². The second kappa shape index (κ2) is 9.76. The first-order valence-electron chi connectivity index (χ1n) is 11.0. The highest BCUT2D eigenvalue weighted by Crippen LogP contribution is 2.32. The van der Waals surface area contributed by atoms with Gasteiger partial charge in [-0.05, 0) is 49.6 Å². The highest BCUT2D eigenvalue weighted by molar-refractivity contribution is 7.89. The molecule has 1 amide bonds. The first-order chi connectivity index (χ1) is 15.9. The van der Waals surface area contributed by atoms with Gasteiger partial charge in [0.05, 0.1) is 18.8 Å². The van der Waals surface area contributed by atoms with E-state index in [2.05, 4.69) is 15.5 Å². The first-order valence-corrected chi connectivity index (χ1v) is 12.4. The van der Waals surface area contributed by atoms with Crippen molar-refractivity contribution in [2.24, 2.45) is 0 Å². The third kappa shape index (κ3) is 4.94. The van der Waals surface area contributed by atoms with Gasteiger partial charge in [0.2, 0.25) is 10.0 Å². The van der Waals surface area contributed by atoms with Crippen LogP contribution in [-0.2, 0) is 10.0 Å². The van der Waals surface area contributed by atoms with Gasteiger partial charge in [0, 0.05) is 18.7 Å². The van der Waals surface area contributed by atoms with Crippen LogP contribution in [0.25, 0.3) is 11.3 Å². The number of carbonyl (C=O) groups is 1. The number of nitrogens with one attached hydrogen (secondary N) is 2. The van der Waals surface area contributed by atoms with E-state index in [0.717, 1.165) is 24.8 Å². The molecule has 1 saturated heterocycles. The SMILES string of the molecule is COc1ccc(-c2cc(C(=O)N[C@@H](C)c3ccccc3)[nH]n2)cc1S(=O)(=O)N1CCCCC1. The molecule has 2 aromatic carbocycles. The topological polar surface area (TPSA) is 104 Å². The van der Waals surface area contributed by atoms with Crippen LogP contribution in [0.1, 0.15) is 48.3 Å². The van der Waals surface area contributed by atoms with Gasteiger partial charge in [0.15, 0.2) is 0 Å². The maximum Gasteiger partial charge on any atom is 0.269 e. The molecule has 0 unspecified atom stereocenters. The zero-order valence-corrected chi connectivity index (χ0v) is 19.6. The van der Waals surface area contributed by atoms with E-state index in [1.165, 1.54) is 11.4 Å². The summed E-state index contributed by atoms with van der Waals surface area (Å²) >= 11 is 0. The number of ether oxygens (including phenoxy) is 1. The second-order valence-electron chi connectivity index (χ2n) is 8.10. The lowest BCUT2D eigenvalue weighted by molar-refractivity contribution is 0.0935. The molecule has 1 fully saturated rings. The number of methoxy groups -OCH3 is 1. The summed E-state index contributed by atoms with van der Waals surface area (Å²) in [5.41, 5.74) is 2.35. The summed E-state index contributed by atoms with van der Waals surface area (Å²) < 4.78 is 33.4. The Kier molecular flexibility index (Phi) is 6.80. The number of nitrogens with zero attached hydrogens (tertiary/aromatic N) is 2. The van der Waals surface area contributed by atoms with Gasteiger partial charge < -0.3 is 10.1 Å². The maximum atomic E-state index is 13.3. The Morgan fingerprint density at radius 2 is 1.82 bits per heavy atom. The molecule has 0 spiro atoms. The van der Waals surface area contributed by atoms with Gasteiger partial charge in [-0.3, -0.25) is 9.89 Å². The number of piperidine rings is 1. The number of sulfonamides is 1. The molecule has 1 aliphatic rings. The van der Waals surface area contributed by atoms with Gasteiger partial charge in [-0.15, -0.1) is 0 Å². The summed E-state index contributed by atoms with van der Waals surface area (Å²) in [6.07, 6.45) is 2.73. The Balaban J connectivity index is 1.58. The van der Waals surface area contributed by atoms with Gasteiger partial charge in [0.1, 0.15) is 16.3 Å². The van der Waals surface area contributed by atoms with E-state index in [9.17, 15) is 13.2 Å². The summed E-state index contributed by atoms with van der Waals surface area (Å²) in [4.78, 5) is 12.8. The van der Waals surface area contributed by atoms with Crippen molar-refractivity contribution in [3.63, 3.8) is 0 Å². The number of aromatic amines is 1. The molecule has 1 aliphatic heterocycles. The van der Waals surface area contributed by atoms with Crippen molar-refractivity contribution in [2.45, 2.75) is 37.1 Å². The Hall–Kier alpha value is -3.17. The Morgan fingerprint density at radius 3 is 2.52 bits per heavy atom. The normalized spacial score (nSPS) is 15.7. The van der Waals surface area contributed by atoms with Crippen molar-refractivity contribution in [1.82, 2.24) is 19.8 Å². The molecular formula is C24H28N4O4S. The van der Waals surface area contributed by atoms with E-state index in [0.29, 0.717) is 30.0 Å². The Morgan fingerprint density at radius 1 is 1.09 bits per heavy atom. The summed E-state index contributed by atoms with van der Waals surface area (Å²) in [5.74, 6) is -0.00529. The lowest BCUT2D eigenvalue weighted by atomic mass is 10.1. The van der Waals surface area contributed by atoms with Crippen molar-refractivity contribution in [1.29, 1.82) is 0 Å². The number of hydrogen-bond acceptors (Lipinski definition) is 5. The van der Waals surface area contributed by atoms with E-state index < -0.39 is 10.0 Å². The number of hydrogen-bond donors (Lipinski definition) is 2. The lowest BCUT2D eigenvalue weighted by Crippen LogP contribution is -2.35. The lowest BCUT2D eigenvalue weighted by Gasteiger charge is -2.26. The number of carbonyl (C=O) groups excluding carboxylic acids is 1. The molecule has 1 aromatic heterocycles. The van der Waals surface area contributed by atoms with Crippen molar-refractivity contribution in [3.05, 3.63) is 65.9 Å². The van der Waals surface area contributed by atoms with Crippen LogP contribution in [0.15, 0.2) is 59.5 Å². The van der Waals surface area contributed by atoms with Gasteiger partial charge >= 0.3 is 0 Å². The first kappa shape index (κ1) is 23.0. The van der Waals surface area contributed by atoms with Crippen molar-refractivity contribution in [3.8, 4) is 17.0 Å². The molecule has 4 rings (SSSR count). The third-order valence-electron chi connectivity index (χ3n) is 5.86. The predicted octanol–water partition coefficient (Wildman–Crippen LogP) is 3.75.